The smallest absolute Gasteiger partial charge is 0.167 e. The Labute approximate surface area is 82.0 Å². The monoisotopic (exact) mass is 191 g/mol. The highest BCUT2D eigenvalue weighted by molar-refractivity contribution is 7.80. The van der Waals surface area contributed by atoms with Crippen molar-refractivity contribution in [2.24, 2.45) is 5.73 Å². The van der Waals surface area contributed by atoms with E-state index in [1.165, 1.54) is 0 Å². The van der Waals surface area contributed by atoms with Crippen molar-refractivity contribution in [1.29, 1.82) is 0 Å². The number of hydrogen-bond donors (Lipinski definition) is 1. The molecule has 0 saturated carbocycles. The van der Waals surface area contributed by atoms with Crippen LogP contribution in [-0.4, -0.2) is 11.1 Å². The predicted octanol–water partition coefficient (Wildman–Crippen LogP) is 1.75. The molecule has 0 spiro atoms. The summed E-state index contributed by atoms with van der Waals surface area (Å²) in [6.45, 7) is 0. The molecule has 2 nitrogen and oxygen atoms in total. The summed E-state index contributed by atoms with van der Waals surface area (Å²) in [6, 6.07) is 7.79. The second-order valence-corrected chi connectivity index (χ2v) is 3.31. The van der Waals surface area contributed by atoms with Gasteiger partial charge in [0.25, 0.3) is 0 Å². The minimum absolute atomic E-state index is 0.259. The number of hydrogen-bond acceptors (Lipinski definition) is 2. The molecule has 0 aromatic heterocycles. The summed E-state index contributed by atoms with van der Waals surface area (Å²) in [4.78, 5) is 0.366. The van der Waals surface area contributed by atoms with E-state index < -0.39 is 0 Å². The van der Waals surface area contributed by atoms with E-state index in [0.717, 1.165) is 11.3 Å². The van der Waals surface area contributed by atoms with Gasteiger partial charge in [0.15, 0.2) is 6.10 Å². The summed E-state index contributed by atoms with van der Waals surface area (Å²) in [6.07, 6.45) is 3.58. The fourth-order valence-corrected chi connectivity index (χ4v) is 1.37. The maximum Gasteiger partial charge on any atom is 0.167 e. The summed E-state index contributed by atoms with van der Waals surface area (Å²) in [7, 11) is 0. The molecule has 2 N–H and O–H groups in total. The lowest BCUT2D eigenvalue weighted by molar-refractivity contribution is 0.310. The van der Waals surface area contributed by atoms with Crippen LogP contribution >= 0.6 is 12.2 Å². The van der Waals surface area contributed by atoms with E-state index in [1.54, 1.807) is 0 Å². The zero-order valence-corrected chi connectivity index (χ0v) is 7.75. The van der Waals surface area contributed by atoms with Crippen LogP contribution in [0, 0.1) is 0 Å². The first-order valence-corrected chi connectivity index (χ1v) is 4.41. The van der Waals surface area contributed by atoms with Crippen LogP contribution in [0.3, 0.4) is 0 Å². The zero-order chi connectivity index (χ0) is 9.26. The summed E-state index contributed by atoms with van der Waals surface area (Å²) in [5.41, 5.74) is 6.54. The lowest BCUT2D eigenvalue weighted by atomic mass is 10.1. The Morgan fingerprint density at radius 1 is 1.38 bits per heavy atom. The van der Waals surface area contributed by atoms with Crippen molar-refractivity contribution in [3.8, 4) is 5.75 Å². The van der Waals surface area contributed by atoms with Crippen molar-refractivity contribution < 1.29 is 4.74 Å². The van der Waals surface area contributed by atoms with Gasteiger partial charge in [-0.2, -0.15) is 0 Å². The highest BCUT2D eigenvalue weighted by Gasteiger charge is 2.15. The summed E-state index contributed by atoms with van der Waals surface area (Å²) >= 11 is 4.85. The number of thiocarbonyl (C=S) groups is 1. The topological polar surface area (TPSA) is 35.2 Å². The van der Waals surface area contributed by atoms with Gasteiger partial charge in [-0.3, -0.25) is 0 Å². The van der Waals surface area contributed by atoms with Gasteiger partial charge in [0.05, 0.1) is 0 Å². The van der Waals surface area contributed by atoms with Gasteiger partial charge in [-0.25, -0.2) is 0 Å². The first-order chi connectivity index (χ1) is 6.27. The lowest BCUT2D eigenvalue weighted by Gasteiger charge is -2.19. The molecule has 0 bridgehead atoms. The molecule has 0 saturated heterocycles. The average molecular weight is 191 g/mol. The Balaban J connectivity index is 2.34. The van der Waals surface area contributed by atoms with E-state index in [2.05, 4.69) is 0 Å². The van der Waals surface area contributed by atoms with Crippen LogP contribution in [0.4, 0.5) is 0 Å². The number of fused-ring (bicyclic) bond motifs is 1. The van der Waals surface area contributed by atoms with Gasteiger partial charge >= 0.3 is 0 Å². The van der Waals surface area contributed by atoms with Gasteiger partial charge in [0, 0.05) is 5.56 Å². The normalized spacial score (nSPS) is 18.9. The molecule has 1 aromatic carbocycles. The SMILES string of the molecule is NC(=S)C1C=Cc2ccccc2O1. The van der Waals surface area contributed by atoms with Gasteiger partial charge in [-0.15, -0.1) is 0 Å². The summed E-state index contributed by atoms with van der Waals surface area (Å²) in [5, 5.41) is 0. The Morgan fingerprint density at radius 2 is 2.15 bits per heavy atom. The molecule has 1 aromatic rings. The Morgan fingerprint density at radius 3 is 2.92 bits per heavy atom. The van der Waals surface area contributed by atoms with Crippen molar-refractivity contribution in [2.75, 3.05) is 0 Å². The van der Waals surface area contributed by atoms with E-state index in [0.29, 0.717) is 4.99 Å². The van der Waals surface area contributed by atoms with Crippen molar-refractivity contribution >= 4 is 23.3 Å². The van der Waals surface area contributed by atoms with Gasteiger partial charge in [-0.05, 0) is 12.1 Å². The first kappa shape index (κ1) is 8.26. The molecule has 2 rings (SSSR count). The second-order valence-electron chi connectivity index (χ2n) is 2.84. The number of ether oxygens (including phenoxy) is 1. The third-order valence-corrected chi connectivity index (χ3v) is 2.14. The van der Waals surface area contributed by atoms with Crippen LogP contribution in [0.15, 0.2) is 30.3 Å². The minimum Gasteiger partial charge on any atom is -0.479 e. The fraction of sp³-hybridized carbons (Fsp3) is 0.100. The largest absolute Gasteiger partial charge is 0.479 e. The molecule has 1 atom stereocenters. The van der Waals surface area contributed by atoms with Crippen LogP contribution in [-0.2, 0) is 0 Å². The second kappa shape index (κ2) is 3.18. The lowest BCUT2D eigenvalue weighted by Crippen LogP contribution is -2.31. The fourth-order valence-electron chi connectivity index (χ4n) is 1.25. The van der Waals surface area contributed by atoms with Gasteiger partial charge in [0.1, 0.15) is 10.7 Å². The zero-order valence-electron chi connectivity index (χ0n) is 6.94. The molecule has 3 heteroatoms. The van der Waals surface area contributed by atoms with Crippen LogP contribution in [0.25, 0.3) is 6.08 Å². The van der Waals surface area contributed by atoms with Gasteiger partial charge < -0.3 is 10.5 Å². The van der Waals surface area contributed by atoms with Crippen molar-refractivity contribution in [2.45, 2.75) is 6.10 Å². The van der Waals surface area contributed by atoms with Crippen LogP contribution in [0.5, 0.6) is 5.75 Å². The third kappa shape index (κ3) is 1.55. The minimum atomic E-state index is -0.259. The molecule has 0 radical (unpaired) electrons. The third-order valence-electron chi connectivity index (χ3n) is 1.90. The van der Waals surface area contributed by atoms with E-state index in [1.807, 2.05) is 36.4 Å². The number of rotatable bonds is 1. The van der Waals surface area contributed by atoms with Crippen molar-refractivity contribution in [1.82, 2.24) is 0 Å². The first-order valence-electron chi connectivity index (χ1n) is 4.00. The number of nitrogens with two attached hydrogens (primary N) is 1. The van der Waals surface area contributed by atoms with Crippen LogP contribution < -0.4 is 10.5 Å². The summed E-state index contributed by atoms with van der Waals surface area (Å²) < 4.78 is 5.54. The molecule has 0 amide bonds. The van der Waals surface area contributed by atoms with Crippen molar-refractivity contribution in [3.63, 3.8) is 0 Å². The number of para-hydroxylation sites is 1. The molecule has 1 unspecified atom stereocenters. The van der Waals surface area contributed by atoms with Gasteiger partial charge in [-0.1, -0.05) is 36.5 Å². The van der Waals surface area contributed by atoms with Crippen molar-refractivity contribution in [3.05, 3.63) is 35.9 Å². The Hall–Kier alpha value is -1.35. The van der Waals surface area contributed by atoms with Crippen LogP contribution in [0.1, 0.15) is 5.56 Å². The van der Waals surface area contributed by atoms with E-state index in [9.17, 15) is 0 Å². The maximum atomic E-state index is 5.54. The highest BCUT2D eigenvalue weighted by Crippen LogP contribution is 2.25. The van der Waals surface area contributed by atoms with Crippen LogP contribution in [0.2, 0.25) is 0 Å². The molecular weight excluding hydrogens is 182 g/mol. The molecule has 1 aliphatic rings. The molecular formula is C10H9NOS. The highest BCUT2D eigenvalue weighted by atomic mass is 32.1. The molecule has 0 fully saturated rings. The molecule has 13 heavy (non-hydrogen) atoms. The predicted molar refractivity (Wildman–Crippen MR) is 56.7 cm³/mol. The molecule has 1 aliphatic heterocycles. The standard InChI is InChI=1S/C10H9NOS/c11-10(13)9-6-5-7-3-1-2-4-8(7)12-9/h1-6,9H,(H2,11,13). The summed E-state index contributed by atoms with van der Waals surface area (Å²) in [5.74, 6) is 0.836. The van der Waals surface area contributed by atoms with E-state index >= 15 is 0 Å². The average Bonchev–Trinajstić information content (AvgIpc) is 2.17. The molecule has 66 valence electrons. The van der Waals surface area contributed by atoms with E-state index in [-0.39, 0.29) is 6.10 Å². The Kier molecular flexibility index (Phi) is 2.02. The Bertz CT molecular complexity index is 373. The molecule has 0 aliphatic carbocycles. The quantitative estimate of drug-likeness (QED) is 0.687. The maximum absolute atomic E-state index is 5.54. The number of benzene rings is 1. The molecule has 1 heterocycles. The van der Waals surface area contributed by atoms with E-state index in [4.69, 9.17) is 22.7 Å². The van der Waals surface area contributed by atoms with Gasteiger partial charge in [0.2, 0.25) is 0 Å².